The van der Waals surface area contributed by atoms with Crippen LogP contribution in [0.15, 0.2) is 12.2 Å². The van der Waals surface area contributed by atoms with Crippen LogP contribution in [0.4, 0.5) is 0 Å². The molecule has 4 saturated carbocycles. The first-order chi connectivity index (χ1) is 17.0. The second-order valence-corrected chi connectivity index (χ2v) is 12.3. The highest BCUT2D eigenvalue weighted by Crippen LogP contribution is 2.72. The first-order valence-corrected chi connectivity index (χ1v) is 13.0. The Morgan fingerprint density at radius 2 is 1.24 bits per heavy atom. The topological polar surface area (TPSA) is 122 Å². The van der Waals surface area contributed by atoms with Gasteiger partial charge < -0.3 is 18.9 Å². The van der Waals surface area contributed by atoms with Crippen LogP contribution in [-0.2, 0) is 42.9 Å². The molecule has 0 saturated heterocycles. The van der Waals surface area contributed by atoms with Crippen LogP contribution < -0.4 is 0 Å². The molecule has 204 valence electrons. The zero-order valence-electron chi connectivity index (χ0n) is 22.8. The third kappa shape index (κ3) is 4.18. The van der Waals surface area contributed by atoms with Gasteiger partial charge in [0.2, 0.25) is 0 Å². The van der Waals surface area contributed by atoms with E-state index in [-0.39, 0.29) is 24.5 Å². The molecule has 0 amide bonds. The number of allylic oxidation sites excluding steroid dienone is 1. The van der Waals surface area contributed by atoms with E-state index < -0.39 is 76.4 Å². The van der Waals surface area contributed by atoms with Gasteiger partial charge >= 0.3 is 23.9 Å². The Hall–Kier alpha value is -2.71. The lowest BCUT2D eigenvalue weighted by atomic mass is 9.39. The van der Waals surface area contributed by atoms with Gasteiger partial charge in [-0.15, -0.1) is 0 Å². The average Bonchev–Trinajstić information content (AvgIpc) is 2.89. The maximum absolute atomic E-state index is 13.9. The van der Waals surface area contributed by atoms with E-state index in [9.17, 15) is 24.0 Å². The monoisotopic (exact) mass is 518 g/mol. The molecule has 9 heteroatoms. The third-order valence-corrected chi connectivity index (χ3v) is 9.45. The molecule has 0 radical (unpaired) electrons. The molecule has 0 aromatic rings. The molecule has 4 aliphatic carbocycles. The summed E-state index contributed by atoms with van der Waals surface area (Å²) in [5, 5.41) is 0. The van der Waals surface area contributed by atoms with Gasteiger partial charge in [0.15, 0.2) is 5.78 Å². The molecular weight excluding hydrogens is 480 g/mol. The van der Waals surface area contributed by atoms with Gasteiger partial charge in [0.25, 0.3) is 0 Å². The smallest absolute Gasteiger partial charge is 0.303 e. The lowest BCUT2D eigenvalue weighted by Crippen LogP contribution is -2.71. The number of carbonyl (C=O) groups is 5. The number of ether oxygens (including phenoxy) is 4. The van der Waals surface area contributed by atoms with E-state index in [0.717, 1.165) is 0 Å². The van der Waals surface area contributed by atoms with Gasteiger partial charge in [-0.1, -0.05) is 27.4 Å². The Morgan fingerprint density at radius 1 is 0.730 bits per heavy atom. The Labute approximate surface area is 217 Å². The Balaban J connectivity index is 1.94. The number of fused-ring (bicyclic) bond motifs is 3. The number of carbonyl (C=O) groups excluding carboxylic acids is 5. The number of esters is 4. The Bertz CT molecular complexity index is 1060. The molecule has 4 fully saturated rings. The van der Waals surface area contributed by atoms with E-state index in [1.54, 1.807) is 0 Å². The summed E-state index contributed by atoms with van der Waals surface area (Å²) in [5.74, 6) is -2.98. The van der Waals surface area contributed by atoms with E-state index in [1.807, 2.05) is 20.8 Å². The summed E-state index contributed by atoms with van der Waals surface area (Å²) in [7, 11) is 0. The van der Waals surface area contributed by atoms with Crippen LogP contribution >= 0.6 is 0 Å². The van der Waals surface area contributed by atoms with E-state index in [1.165, 1.54) is 27.7 Å². The number of hydrogen-bond donors (Lipinski definition) is 0. The van der Waals surface area contributed by atoms with Crippen LogP contribution in [0.2, 0.25) is 0 Å². The van der Waals surface area contributed by atoms with E-state index >= 15 is 0 Å². The van der Waals surface area contributed by atoms with Crippen LogP contribution in [0.3, 0.4) is 0 Å². The van der Waals surface area contributed by atoms with Crippen molar-refractivity contribution in [2.45, 2.75) is 98.6 Å². The van der Waals surface area contributed by atoms with Crippen LogP contribution in [0.5, 0.6) is 0 Å². The second-order valence-electron chi connectivity index (χ2n) is 12.3. The van der Waals surface area contributed by atoms with Crippen molar-refractivity contribution in [3.05, 3.63) is 12.2 Å². The predicted octanol–water partition coefficient (Wildman–Crippen LogP) is 3.32. The number of hydrogen-bond acceptors (Lipinski definition) is 9. The minimum absolute atomic E-state index is 0.0714. The molecule has 0 heterocycles. The van der Waals surface area contributed by atoms with Crippen molar-refractivity contribution in [1.82, 2.24) is 0 Å². The van der Waals surface area contributed by atoms with Crippen molar-refractivity contribution in [1.29, 1.82) is 0 Å². The van der Waals surface area contributed by atoms with Crippen LogP contribution in [0.25, 0.3) is 0 Å². The van der Waals surface area contributed by atoms with Crippen LogP contribution in [0.1, 0.15) is 74.1 Å². The maximum Gasteiger partial charge on any atom is 0.303 e. The van der Waals surface area contributed by atoms with E-state index in [2.05, 4.69) is 6.58 Å². The zero-order valence-corrected chi connectivity index (χ0v) is 22.8. The summed E-state index contributed by atoms with van der Waals surface area (Å²) >= 11 is 0. The molecule has 0 aromatic heterocycles. The average molecular weight is 519 g/mol. The Kier molecular flexibility index (Phi) is 6.61. The summed E-state index contributed by atoms with van der Waals surface area (Å²) in [6, 6.07) is 0. The molecule has 0 N–H and O–H groups in total. The number of rotatable bonds is 4. The molecule has 1 unspecified atom stereocenters. The number of ketones is 1. The van der Waals surface area contributed by atoms with Crippen LogP contribution in [0, 0.1) is 34.0 Å². The lowest BCUT2D eigenvalue weighted by Gasteiger charge is -2.67. The van der Waals surface area contributed by atoms with Gasteiger partial charge in [0, 0.05) is 50.4 Å². The summed E-state index contributed by atoms with van der Waals surface area (Å²) in [6.07, 6.45) is -1.33. The van der Waals surface area contributed by atoms with Gasteiger partial charge in [-0.3, -0.25) is 24.0 Å². The minimum atomic E-state index is -0.934. The van der Waals surface area contributed by atoms with Gasteiger partial charge in [0.05, 0.1) is 0 Å². The van der Waals surface area contributed by atoms with E-state index in [0.29, 0.717) is 18.4 Å². The number of Topliss-reactive ketones (excluding diaryl/α,β-unsaturated/α-hetero) is 1. The third-order valence-electron chi connectivity index (χ3n) is 9.45. The van der Waals surface area contributed by atoms with Crippen molar-refractivity contribution in [3.63, 3.8) is 0 Å². The summed E-state index contributed by atoms with van der Waals surface area (Å²) in [5.41, 5.74) is -2.04. The first kappa shape index (κ1) is 27.3. The zero-order chi connectivity index (χ0) is 27.7. The van der Waals surface area contributed by atoms with Gasteiger partial charge in [-0.05, 0) is 42.6 Å². The SMILES string of the molecule is C=C1C(=O)[C@]23C[C@H]1C[C@H](OC(C)=O)[C@H]2C1(C)C[C@H](OC(C)=O)[C@H](OC(C)=O)C(C)(C)[C@H]1[C@@H](OC(C)=O)C3. The molecule has 1 spiro atoms. The minimum Gasteiger partial charge on any atom is -0.462 e. The first-order valence-electron chi connectivity index (χ1n) is 13.0. The molecule has 0 aromatic carbocycles. The molecule has 4 aliphatic rings. The molecule has 0 aliphatic heterocycles. The van der Waals surface area contributed by atoms with Crippen molar-refractivity contribution >= 4 is 29.7 Å². The van der Waals surface area contributed by atoms with E-state index in [4.69, 9.17) is 18.9 Å². The predicted molar refractivity (Wildman–Crippen MR) is 130 cm³/mol. The lowest BCUT2D eigenvalue weighted by molar-refractivity contribution is -0.273. The second kappa shape index (κ2) is 8.95. The normalized spacial score (nSPS) is 41.6. The molecule has 4 rings (SSSR count). The van der Waals surface area contributed by atoms with Crippen LogP contribution in [-0.4, -0.2) is 54.1 Å². The quantitative estimate of drug-likeness (QED) is 0.313. The van der Waals surface area contributed by atoms with Crippen molar-refractivity contribution in [2.75, 3.05) is 0 Å². The summed E-state index contributed by atoms with van der Waals surface area (Å²) in [4.78, 5) is 62.8. The standard InChI is InChI=1S/C28H38O9/c1-13-18-9-19(34-14(2)29)23-27(8)11-21(36-16(4)31)25(37-17(5)32)26(6,7)22(27)20(35-15(3)30)12-28(23,10-18)24(13)33/h18-23,25H,1,9-12H2,2-8H3/t18-,19+,20+,21+,22-,23+,25+,27?,28+/m1/s1. The van der Waals surface area contributed by atoms with Gasteiger partial charge in [-0.2, -0.15) is 0 Å². The molecule has 9 atom stereocenters. The fraction of sp³-hybridized carbons (Fsp3) is 0.750. The molecule has 9 nitrogen and oxygen atoms in total. The molecule has 37 heavy (non-hydrogen) atoms. The van der Waals surface area contributed by atoms with Gasteiger partial charge in [0.1, 0.15) is 24.4 Å². The highest BCUT2D eigenvalue weighted by atomic mass is 16.6. The highest BCUT2D eigenvalue weighted by Gasteiger charge is 2.75. The highest BCUT2D eigenvalue weighted by molar-refractivity contribution is 6.03. The summed E-state index contributed by atoms with van der Waals surface area (Å²) < 4.78 is 23.4. The fourth-order valence-corrected chi connectivity index (χ4v) is 9.04. The fourth-order valence-electron chi connectivity index (χ4n) is 9.04. The molecular formula is C28H38O9. The van der Waals surface area contributed by atoms with Gasteiger partial charge in [-0.25, -0.2) is 0 Å². The Morgan fingerprint density at radius 3 is 1.78 bits per heavy atom. The van der Waals surface area contributed by atoms with Crippen molar-refractivity contribution < 1.29 is 42.9 Å². The largest absolute Gasteiger partial charge is 0.462 e. The summed E-state index contributed by atoms with van der Waals surface area (Å²) in [6.45, 7) is 15.2. The van der Waals surface area contributed by atoms with Crippen molar-refractivity contribution in [3.8, 4) is 0 Å². The maximum atomic E-state index is 13.9. The molecule has 2 bridgehead atoms. The van der Waals surface area contributed by atoms with Crippen molar-refractivity contribution in [2.24, 2.45) is 34.0 Å².